The molecule has 0 fully saturated rings. The van der Waals surface area contributed by atoms with Gasteiger partial charge in [-0.3, -0.25) is 0 Å². The van der Waals surface area contributed by atoms with Crippen LogP contribution in [0.3, 0.4) is 0 Å². The SMILES string of the molecule is C.CC(C)CC(C)(C)C. The molecule has 0 rings (SSSR count). The Morgan fingerprint density at radius 1 is 1.11 bits per heavy atom. The summed E-state index contributed by atoms with van der Waals surface area (Å²) in [5.41, 5.74) is 0.522. The van der Waals surface area contributed by atoms with Crippen LogP contribution in [0.4, 0.5) is 0 Å². The van der Waals surface area contributed by atoms with Crippen LogP contribution in [0, 0.1) is 11.3 Å². The summed E-state index contributed by atoms with van der Waals surface area (Å²) in [6, 6.07) is 0. The zero-order valence-corrected chi connectivity index (χ0v) is 6.78. The van der Waals surface area contributed by atoms with Crippen LogP contribution >= 0.6 is 0 Å². The maximum Gasteiger partial charge on any atom is -0.0380 e. The van der Waals surface area contributed by atoms with Crippen molar-refractivity contribution in [1.29, 1.82) is 0 Å². The van der Waals surface area contributed by atoms with Crippen molar-refractivity contribution in [2.24, 2.45) is 11.3 Å². The second kappa shape index (κ2) is 3.92. The number of hydrogen-bond donors (Lipinski definition) is 0. The molecule has 0 bridgehead atoms. The zero-order chi connectivity index (χ0) is 6.78. The minimum Gasteiger partial charge on any atom is -0.0776 e. The molecule has 0 atom stereocenters. The van der Waals surface area contributed by atoms with E-state index in [1.165, 1.54) is 6.42 Å². The summed E-state index contributed by atoms with van der Waals surface area (Å²) < 4.78 is 0. The van der Waals surface area contributed by atoms with E-state index in [4.69, 9.17) is 0 Å². The molecule has 0 nitrogen and oxygen atoms in total. The Balaban J connectivity index is 0. The van der Waals surface area contributed by atoms with E-state index in [0.29, 0.717) is 5.41 Å². The fourth-order valence-corrected chi connectivity index (χ4v) is 1.22. The van der Waals surface area contributed by atoms with Gasteiger partial charge >= 0.3 is 0 Å². The predicted octanol–water partition coefficient (Wildman–Crippen LogP) is 3.71. The fraction of sp³-hybridized carbons (Fsp3) is 1.00. The first-order valence-corrected chi connectivity index (χ1v) is 3.42. The maximum absolute atomic E-state index is 2.28. The van der Waals surface area contributed by atoms with Gasteiger partial charge in [0.05, 0.1) is 0 Å². The molecule has 0 amide bonds. The third-order valence-electron chi connectivity index (χ3n) is 1.02. The summed E-state index contributed by atoms with van der Waals surface area (Å²) >= 11 is 0. The quantitative estimate of drug-likeness (QED) is 0.507. The third kappa shape index (κ3) is 11.5. The van der Waals surface area contributed by atoms with Crippen LogP contribution in [0.2, 0.25) is 0 Å². The minimum atomic E-state index is 0. The lowest BCUT2D eigenvalue weighted by Crippen LogP contribution is -2.08. The molecule has 0 heterocycles. The first-order chi connectivity index (χ1) is 3.42. The molecular formula is C9H22. The predicted molar refractivity (Wildman–Crippen MR) is 45.6 cm³/mol. The third-order valence-corrected chi connectivity index (χ3v) is 1.02. The fourth-order valence-electron chi connectivity index (χ4n) is 1.22. The van der Waals surface area contributed by atoms with Gasteiger partial charge in [0.15, 0.2) is 0 Å². The molecule has 0 radical (unpaired) electrons. The van der Waals surface area contributed by atoms with E-state index in [1.54, 1.807) is 0 Å². The summed E-state index contributed by atoms with van der Waals surface area (Å²) in [6.45, 7) is 11.4. The summed E-state index contributed by atoms with van der Waals surface area (Å²) in [5, 5.41) is 0. The highest BCUT2D eigenvalue weighted by molar-refractivity contribution is 4.62. The van der Waals surface area contributed by atoms with Crippen LogP contribution in [0.5, 0.6) is 0 Å². The molecule has 0 heteroatoms. The van der Waals surface area contributed by atoms with Gasteiger partial charge in [0, 0.05) is 0 Å². The first-order valence-electron chi connectivity index (χ1n) is 3.42. The van der Waals surface area contributed by atoms with Crippen molar-refractivity contribution in [3.63, 3.8) is 0 Å². The molecule has 0 spiro atoms. The average molecular weight is 130 g/mol. The normalized spacial score (nSPS) is 11.3. The lowest BCUT2D eigenvalue weighted by atomic mass is 9.86. The first kappa shape index (κ1) is 11.8. The topological polar surface area (TPSA) is 0 Å². The standard InChI is InChI=1S/C8H18.CH4/c1-7(2)6-8(3,4)5;/h7H,6H2,1-5H3;1H4. The van der Waals surface area contributed by atoms with Crippen LogP contribution in [0.15, 0.2) is 0 Å². The van der Waals surface area contributed by atoms with E-state index in [0.717, 1.165) is 5.92 Å². The monoisotopic (exact) mass is 130 g/mol. The van der Waals surface area contributed by atoms with E-state index in [2.05, 4.69) is 34.6 Å². The molecule has 0 aliphatic heterocycles. The van der Waals surface area contributed by atoms with Crippen LogP contribution in [0.25, 0.3) is 0 Å². The van der Waals surface area contributed by atoms with Crippen molar-refractivity contribution in [2.45, 2.75) is 48.5 Å². The molecule has 0 unspecified atom stereocenters. The van der Waals surface area contributed by atoms with Gasteiger partial charge in [-0.1, -0.05) is 42.0 Å². The van der Waals surface area contributed by atoms with E-state index < -0.39 is 0 Å². The molecule has 58 valence electrons. The molecular weight excluding hydrogens is 108 g/mol. The van der Waals surface area contributed by atoms with Gasteiger partial charge in [-0.2, -0.15) is 0 Å². The van der Waals surface area contributed by atoms with Gasteiger partial charge in [0.25, 0.3) is 0 Å². The Hall–Kier alpha value is 0. The zero-order valence-electron chi connectivity index (χ0n) is 6.78. The highest BCUT2D eigenvalue weighted by Gasteiger charge is 2.11. The van der Waals surface area contributed by atoms with Crippen LogP contribution in [-0.4, -0.2) is 0 Å². The Labute approximate surface area is 60.7 Å². The van der Waals surface area contributed by atoms with Gasteiger partial charge in [-0.25, -0.2) is 0 Å². The van der Waals surface area contributed by atoms with Crippen molar-refractivity contribution in [2.75, 3.05) is 0 Å². The lowest BCUT2D eigenvalue weighted by molar-refractivity contribution is 0.320. The Morgan fingerprint density at radius 2 is 1.44 bits per heavy atom. The van der Waals surface area contributed by atoms with E-state index in [1.807, 2.05) is 0 Å². The molecule has 0 saturated heterocycles. The minimum absolute atomic E-state index is 0. The van der Waals surface area contributed by atoms with E-state index in [-0.39, 0.29) is 7.43 Å². The van der Waals surface area contributed by atoms with Gasteiger partial charge in [0.1, 0.15) is 0 Å². The molecule has 0 N–H and O–H groups in total. The largest absolute Gasteiger partial charge is 0.0776 e. The molecule has 0 saturated carbocycles. The molecule has 0 aromatic carbocycles. The van der Waals surface area contributed by atoms with Crippen molar-refractivity contribution in [3.05, 3.63) is 0 Å². The summed E-state index contributed by atoms with van der Waals surface area (Å²) in [4.78, 5) is 0. The molecule has 0 aliphatic rings. The van der Waals surface area contributed by atoms with Crippen molar-refractivity contribution in [1.82, 2.24) is 0 Å². The van der Waals surface area contributed by atoms with Crippen LogP contribution in [0.1, 0.15) is 48.5 Å². The van der Waals surface area contributed by atoms with Crippen molar-refractivity contribution in [3.8, 4) is 0 Å². The van der Waals surface area contributed by atoms with Gasteiger partial charge < -0.3 is 0 Å². The summed E-state index contributed by atoms with van der Waals surface area (Å²) in [5.74, 6) is 0.843. The summed E-state index contributed by atoms with van der Waals surface area (Å²) in [7, 11) is 0. The number of rotatable bonds is 1. The molecule has 0 aliphatic carbocycles. The van der Waals surface area contributed by atoms with Crippen LogP contribution < -0.4 is 0 Å². The van der Waals surface area contributed by atoms with Crippen LogP contribution in [-0.2, 0) is 0 Å². The summed E-state index contributed by atoms with van der Waals surface area (Å²) in [6.07, 6.45) is 1.33. The highest BCUT2D eigenvalue weighted by Crippen LogP contribution is 2.23. The molecule has 9 heavy (non-hydrogen) atoms. The van der Waals surface area contributed by atoms with E-state index in [9.17, 15) is 0 Å². The highest BCUT2D eigenvalue weighted by atomic mass is 14.2. The Kier molecular flexibility index (Phi) is 5.12. The van der Waals surface area contributed by atoms with E-state index >= 15 is 0 Å². The average Bonchev–Trinajstić information content (AvgIpc) is 1.21. The Bertz CT molecular complexity index is 54.9. The second-order valence-corrected chi connectivity index (χ2v) is 4.16. The molecule has 0 aromatic rings. The van der Waals surface area contributed by atoms with Gasteiger partial charge in [0.2, 0.25) is 0 Å². The van der Waals surface area contributed by atoms with Gasteiger partial charge in [-0.05, 0) is 17.8 Å². The Morgan fingerprint density at radius 3 is 1.44 bits per heavy atom. The smallest absolute Gasteiger partial charge is 0.0380 e. The maximum atomic E-state index is 2.28. The van der Waals surface area contributed by atoms with Gasteiger partial charge in [-0.15, -0.1) is 0 Å². The van der Waals surface area contributed by atoms with Crippen molar-refractivity contribution < 1.29 is 0 Å². The second-order valence-electron chi connectivity index (χ2n) is 4.16. The lowest BCUT2D eigenvalue weighted by Gasteiger charge is -2.19. The van der Waals surface area contributed by atoms with Crippen molar-refractivity contribution >= 4 is 0 Å². The molecule has 0 aromatic heterocycles. The number of hydrogen-bond acceptors (Lipinski definition) is 0.